The lowest BCUT2D eigenvalue weighted by Crippen LogP contribution is -2.38. The van der Waals surface area contributed by atoms with Crippen molar-refractivity contribution in [2.75, 3.05) is 6.54 Å². The first kappa shape index (κ1) is 11.9. The smallest absolute Gasteiger partial charge is 0.410 e. The van der Waals surface area contributed by atoms with Crippen LogP contribution in [0.1, 0.15) is 34.1 Å². The first-order valence-corrected chi connectivity index (χ1v) is 5.29. The third kappa shape index (κ3) is 3.16. The van der Waals surface area contributed by atoms with Crippen molar-refractivity contribution in [2.24, 2.45) is 5.92 Å². The minimum absolute atomic E-state index is 0.174. The fourth-order valence-electron chi connectivity index (χ4n) is 1.73. The van der Waals surface area contributed by atoms with Crippen LogP contribution in [0.2, 0.25) is 0 Å². The molecule has 0 spiro atoms. The van der Waals surface area contributed by atoms with Crippen molar-refractivity contribution >= 4 is 6.09 Å². The van der Waals surface area contributed by atoms with Crippen molar-refractivity contribution < 1.29 is 9.53 Å². The van der Waals surface area contributed by atoms with Crippen LogP contribution in [-0.4, -0.2) is 29.2 Å². The van der Waals surface area contributed by atoms with E-state index in [0.717, 1.165) is 6.42 Å². The summed E-state index contributed by atoms with van der Waals surface area (Å²) in [6.45, 7) is 8.22. The van der Waals surface area contributed by atoms with Gasteiger partial charge in [0.05, 0.1) is 0 Å². The molecule has 0 radical (unpaired) electrons. The molecule has 1 rings (SSSR count). The highest BCUT2D eigenvalue weighted by Crippen LogP contribution is 2.24. The average Bonchev–Trinajstić information content (AvgIpc) is 2.43. The number of amides is 1. The van der Waals surface area contributed by atoms with Crippen LogP contribution < -0.4 is 0 Å². The molecule has 0 bridgehead atoms. The van der Waals surface area contributed by atoms with Gasteiger partial charge >= 0.3 is 6.09 Å². The molecule has 0 unspecified atom stereocenters. The van der Waals surface area contributed by atoms with Crippen LogP contribution in [0.15, 0.2) is 0 Å². The van der Waals surface area contributed by atoms with Gasteiger partial charge in [0.2, 0.25) is 0 Å². The van der Waals surface area contributed by atoms with Gasteiger partial charge in [0, 0.05) is 18.5 Å². The third-order valence-corrected chi connectivity index (χ3v) is 2.44. The predicted molar refractivity (Wildman–Crippen MR) is 59.3 cm³/mol. The molecule has 0 aromatic carbocycles. The van der Waals surface area contributed by atoms with E-state index in [1.807, 2.05) is 27.7 Å². The maximum atomic E-state index is 11.8. The maximum absolute atomic E-state index is 11.8. The minimum atomic E-state index is -0.439. The van der Waals surface area contributed by atoms with Gasteiger partial charge in [-0.3, -0.25) is 0 Å². The van der Waals surface area contributed by atoms with Gasteiger partial charge in [0.1, 0.15) is 5.60 Å². The zero-order valence-corrected chi connectivity index (χ0v) is 9.91. The highest BCUT2D eigenvalue weighted by Gasteiger charge is 2.33. The number of rotatable bonds is 0. The molecule has 1 amide bonds. The number of ether oxygens (including phenoxy) is 1. The van der Waals surface area contributed by atoms with E-state index in [1.165, 1.54) is 0 Å². The van der Waals surface area contributed by atoms with Crippen molar-refractivity contribution in [3.05, 3.63) is 0 Å². The van der Waals surface area contributed by atoms with Gasteiger partial charge in [0.15, 0.2) is 0 Å². The fraction of sp³-hybridized carbons (Fsp3) is 0.750. The summed E-state index contributed by atoms with van der Waals surface area (Å²) in [7, 11) is 0. The van der Waals surface area contributed by atoms with Gasteiger partial charge in [-0.15, -0.1) is 12.3 Å². The number of likely N-dealkylation sites (tertiary alicyclic amines) is 1. The van der Waals surface area contributed by atoms with Crippen molar-refractivity contribution in [1.82, 2.24) is 4.90 Å². The highest BCUT2D eigenvalue weighted by molar-refractivity contribution is 5.69. The average molecular weight is 209 g/mol. The number of hydrogen-bond acceptors (Lipinski definition) is 2. The van der Waals surface area contributed by atoms with E-state index in [2.05, 4.69) is 5.92 Å². The fourth-order valence-corrected chi connectivity index (χ4v) is 1.73. The minimum Gasteiger partial charge on any atom is -0.444 e. The summed E-state index contributed by atoms with van der Waals surface area (Å²) >= 11 is 0. The van der Waals surface area contributed by atoms with Crippen LogP contribution in [0.4, 0.5) is 4.79 Å². The monoisotopic (exact) mass is 209 g/mol. The molecule has 0 N–H and O–H groups in total. The molecule has 3 nitrogen and oxygen atoms in total. The quantitative estimate of drug-likeness (QED) is 0.573. The summed E-state index contributed by atoms with van der Waals surface area (Å²) < 4.78 is 5.30. The molecule has 15 heavy (non-hydrogen) atoms. The molecule has 0 aromatic rings. The second-order valence-corrected chi connectivity index (χ2v) is 5.08. The Hall–Kier alpha value is -1.17. The number of carbonyl (C=O) groups is 1. The van der Waals surface area contributed by atoms with Crippen LogP contribution in [0.3, 0.4) is 0 Å². The second-order valence-electron chi connectivity index (χ2n) is 5.08. The Morgan fingerprint density at radius 1 is 1.53 bits per heavy atom. The molecule has 3 heteroatoms. The molecule has 1 saturated heterocycles. The SMILES string of the molecule is C#C[C@@H]1C[C@H](C)N(C(=O)OC(C)(C)C)C1. The van der Waals surface area contributed by atoms with E-state index >= 15 is 0 Å². The van der Waals surface area contributed by atoms with E-state index in [9.17, 15) is 4.79 Å². The van der Waals surface area contributed by atoms with Gasteiger partial charge in [0.25, 0.3) is 0 Å². The van der Waals surface area contributed by atoms with Gasteiger partial charge in [-0.1, -0.05) is 0 Å². The second kappa shape index (κ2) is 4.14. The Morgan fingerprint density at radius 3 is 2.53 bits per heavy atom. The highest BCUT2D eigenvalue weighted by atomic mass is 16.6. The first-order chi connectivity index (χ1) is 6.83. The standard InChI is InChI=1S/C12H19NO2/c1-6-10-7-9(2)13(8-10)11(14)15-12(3,4)5/h1,9-10H,7-8H2,2-5H3/t9-,10+/m0/s1. The largest absolute Gasteiger partial charge is 0.444 e. The summed E-state index contributed by atoms with van der Waals surface area (Å²) in [4.78, 5) is 13.5. The Labute approximate surface area is 91.8 Å². The molecule has 84 valence electrons. The molecule has 0 saturated carbocycles. The van der Waals surface area contributed by atoms with E-state index in [-0.39, 0.29) is 18.1 Å². The number of nitrogens with zero attached hydrogens (tertiary/aromatic N) is 1. The van der Waals surface area contributed by atoms with Crippen LogP contribution in [0.5, 0.6) is 0 Å². The number of hydrogen-bond donors (Lipinski definition) is 0. The van der Waals surface area contributed by atoms with Crippen LogP contribution >= 0.6 is 0 Å². The maximum Gasteiger partial charge on any atom is 0.410 e. The predicted octanol–water partition coefficient (Wildman–Crippen LogP) is 2.27. The summed E-state index contributed by atoms with van der Waals surface area (Å²) in [6.07, 6.45) is 5.97. The molecular weight excluding hydrogens is 190 g/mol. The topological polar surface area (TPSA) is 29.5 Å². The van der Waals surface area contributed by atoms with E-state index < -0.39 is 5.60 Å². The first-order valence-electron chi connectivity index (χ1n) is 5.29. The third-order valence-electron chi connectivity index (χ3n) is 2.44. The van der Waals surface area contributed by atoms with E-state index in [0.29, 0.717) is 6.54 Å². The van der Waals surface area contributed by atoms with Crippen molar-refractivity contribution in [3.63, 3.8) is 0 Å². The lowest BCUT2D eigenvalue weighted by atomic mass is 10.1. The van der Waals surface area contributed by atoms with Gasteiger partial charge in [-0.2, -0.15) is 0 Å². The van der Waals surface area contributed by atoms with Crippen molar-refractivity contribution in [3.8, 4) is 12.3 Å². The Kier molecular flexibility index (Phi) is 3.28. The number of terminal acetylenes is 1. The summed E-state index contributed by atoms with van der Waals surface area (Å²) in [5, 5.41) is 0. The molecule has 1 aliphatic rings. The van der Waals surface area contributed by atoms with Crippen LogP contribution in [0.25, 0.3) is 0 Å². The van der Waals surface area contributed by atoms with Crippen molar-refractivity contribution in [2.45, 2.75) is 45.8 Å². The molecule has 0 aliphatic carbocycles. The Bertz CT molecular complexity index is 285. The van der Waals surface area contributed by atoms with Gasteiger partial charge < -0.3 is 9.64 Å². The normalized spacial score (nSPS) is 26.2. The number of carbonyl (C=O) groups excluding carboxylic acids is 1. The summed E-state index contributed by atoms with van der Waals surface area (Å²) in [5.74, 6) is 2.87. The van der Waals surface area contributed by atoms with E-state index in [1.54, 1.807) is 4.90 Å². The lowest BCUT2D eigenvalue weighted by molar-refractivity contribution is 0.0236. The zero-order valence-electron chi connectivity index (χ0n) is 9.91. The van der Waals surface area contributed by atoms with Gasteiger partial charge in [-0.05, 0) is 34.1 Å². The van der Waals surface area contributed by atoms with Crippen LogP contribution in [0, 0.1) is 18.3 Å². The molecular formula is C12H19NO2. The molecule has 1 fully saturated rings. The molecule has 1 heterocycles. The summed E-state index contributed by atoms with van der Waals surface area (Å²) in [6, 6.07) is 0.181. The lowest BCUT2D eigenvalue weighted by Gasteiger charge is -2.26. The van der Waals surface area contributed by atoms with E-state index in [4.69, 9.17) is 11.2 Å². The van der Waals surface area contributed by atoms with Crippen LogP contribution in [-0.2, 0) is 4.74 Å². The van der Waals surface area contributed by atoms with Crippen molar-refractivity contribution in [1.29, 1.82) is 0 Å². The summed E-state index contributed by atoms with van der Waals surface area (Å²) in [5.41, 5.74) is -0.439. The molecule has 1 aliphatic heterocycles. The molecule has 0 aromatic heterocycles. The molecule has 2 atom stereocenters. The Morgan fingerprint density at radius 2 is 2.13 bits per heavy atom. The van der Waals surface area contributed by atoms with Gasteiger partial charge in [-0.25, -0.2) is 4.79 Å². The Balaban J connectivity index is 2.59. The zero-order chi connectivity index (χ0) is 11.6.